The number of nitrogen functional groups attached to an aromatic ring is 1. The number of hydrogen-bond acceptors (Lipinski definition) is 3. The van der Waals surface area contributed by atoms with Crippen LogP contribution < -0.4 is 16.0 Å². The van der Waals surface area contributed by atoms with Crippen molar-refractivity contribution in [2.45, 2.75) is 13.5 Å². The molecule has 2 N–H and O–H groups in total. The van der Waals surface area contributed by atoms with Crippen molar-refractivity contribution in [1.29, 1.82) is 0 Å². The van der Waals surface area contributed by atoms with Crippen LogP contribution in [-0.2, 0) is 6.54 Å². The van der Waals surface area contributed by atoms with Crippen molar-refractivity contribution in [3.8, 4) is 5.75 Å². The molecule has 0 radical (unpaired) electrons. The SMILES string of the molecule is COc1ccccc1Cn1cc(N)c(C)cc1=O. The summed E-state index contributed by atoms with van der Waals surface area (Å²) in [5, 5.41) is 0. The highest BCUT2D eigenvalue weighted by Gasteiger charge is 2.05. The third kappa shape index (κ3) is 2.37. The first kappa shape index (κ1) is 12.2. The van der Waals surface area contributed by atoms with Gasteiger partial charge in [0.15, 0.2) is 0 Å². The summed E-state index contributed by atoms with van der Waals surface area (Å²) in [5.41, 5.74) is 8.13. The van der Waals surface area contributed by atoms with E-state index < -0.39 is 0 Å². The molecule has 0 unspecified atom stereocenters. The van der Waals surface area contributed by atoms with E-state index >= 15 is 0 Å². The molecule has 0 saturated carbocycles. The number of nitrogens with two attached hydrogens (primary N) is 1. The second-order valence-electron chi connectivity index (χ2n) is 4.19. The Hall–Kier alpha value is -2.23. The fourth-order valence-electron chi connectivity index (χ4n) is 1.83. The summed E-state index contributed by atoms with van der Waals surface area (Å²) in [6, 6.07) is 9.17. The van der Waals surface area contributed by atoms with Crippen LogP contribution in [-0.4, -0.2) is 11.7 Å². The van der Waals surface area contributed by atoms with Crippen molar-refractivity contribution < 1.29 is 4.74 Å². The molecule has 4 heteroatoms. The first-order valence-electron chi connectivity index (χ1n) is 5.70. The lowest BCUT2D eigenvalue weighted by Gasteiger charge is -2.11. The van der Waals surface area contributed by atoms with Crippen LogP contribution in [0.2, 0.25) is 0 Å². The van der Waals surface area contributed by atoms with Gasteiger partial charge in [-0.1, -0.05) is 18.2 Å². The molecule has 0 bridgehead atoms. The van der Waals surface area contributed by atoms with E-state index in [0.29, 0.717) is 12.2 Å². The number of rotatable bonds is 3. The van der Waals surface area contributed by atoms with E-state index in [4.69, 9.17) is 10.5 Å². The van der Waals surface area contributed by atoms with Gasteiger partial charge in [0.25, 0.3) is 5.56 Å². The van der Waals surface area contributed by atoms with Gasteiger partial charge in [-0.3, -0.25) is 4.79 Å². The van der Waals surface area contributed by atoms with Gasteiger partial charge in [0, 0.05) is 17.8 Å². The number of aromatic nitrogens is 1. The molecular formula is C14H16N2O2. The Bertz CT molecular complexity index is 617. The molecule has 4 nitrogen and oxygen atoms in total. The van der Waals surface area contributed by atoms with Crippen molar-refractivity contribution in [2.24, 2.45) is 0 Å². The van der Waals surface area contributed by atoms with Gasteiger partial charge in [0.1, 0.15) is 5.75 Å². The highest BCUT2D eigenvalue weighted by molar-refractivity contribution is 5.43. The lowest BCUT2D eigenvalue weighted by molar-refractivity contribution is 0.408. The lowest BCUT2D eigenvalue weighted by Crippen LogP contribution is -2.21. The van der Waals surface area contributed by atoms with Gasteiger partial charge in [0.2, 0.25) is 0 Å². The molecule has 0 atom stereocenters. The zero-order chi connectivity index (χ0) is 13.1. The molecule has 94 valence electrons. The van der Waals surface area contributed by atoms with Crippen LogP contribution in [0, 0.1) is 6.92 Å². The van der Waals surface area contributed by atoms with Gasteiger partial charge in [0.05, 0.1) is 19.3 Å². The maximum atomic E-state index is 11.9. The average Bonchev–Trinajstić information content (AvgIpc) is 2.36. The van der Waals surface area contributed by atoms with Crippen molar-refractivity contribution >= 4 is 5.69 Å². The minimum atomic E-state index is -0.0624. The van der Waals surface area contributed by atoms with Crippen LogP contribution in [0.3, 0.4) is 0 Å². The summed E-state index contributed by atoms with van der Waals surface area (Å²) < 4.78 is 6.85. The smallest absolute Gasteiger partial charge is 0.251 e. The minimum absolute atomic E-state index is 0.0624. The minimum Gasteiger partial charge on any atom is -0.496 e. The molecule has 0 spiro atoms. The second kappa shape index (κ2) is 4.96. The van der Waals surface area contributed by atoms with Gasteiger partial charge in [-0.2, -0.15) is 0 Å². The first-order chi connectivity index (χ1) is 8.61. The normalized spacial score (nSPS) is 10.3. The first-order valence-corrected chi connectivity index (χ1v) is 5.70. The Morgan fingerprint density at radius 1 is 1.33 bits per heavy atom. The van der Waals surface area contributed by atoms with E-state index in [-0.39, 0.29) is 5.56 Å². The van der Waals surface area contributed by atoms with Gasteiger partial charge < -0.3 is 15.0 Å². The van der Waals surface area contributed by atoms with E-state index in [9.17, 15) is 4.79 Å². The third-order valence-corrected chi connectivity index (χ3v) is 2.91. The Labute approximate surface area is 106 Å². The molecule has 2 rings (SSSR count). The number of nitrogens with zero attached hydrogens (tertiary/aromatic N) is 1. The van der Waals surface area contributed by atoms with Crippen LogP contribution >= 0.6 is 0 Å². The van der Waals surface area contributed by atoms with Crippen LogP contribution in [0.5, 0.6) is 5.75 Å². The van der Waals surface area contributed by atoms with Crippen LogP contribution in [0.1, 0.15) is 11.1 Å². The zero-order valence-electron chi connectivity index (χ0n) is 10.5. The Morgan fingerprint density at radius 2 is 2.06 bits per heavy atom. The molecule has 0 amide bonds. The molecule has 0 aliphatic heterocycles. The quantitative estimate of drug-likeness (QED) is 0.895. The van der Waals surface area contributed by atoms with Gasteiger partial charge in [-0.15, -0.1) is 0 Å². The summed E-state index contributed by atoms with van der Waals surface area (Å²) in [7, 11) is 1.62. The van der Waals surface area contributed by atoms with Gasteiger partial charge in [-0.05, 0) is 18.6 Å². The zero-order valence-corrected chi connectivity index (χ0v) is 10.5. The topological polar surface area (TPSA) is 57.2 Å². The predicted molar refractivity (Wildman–Crippen MR) is 71.9 cm³/mol. The van der Waals surface area contributed by atoms with E-state index in [1.54, 1.807) is 23.9 Å². The highest BCUT2D eigenvalue weighted by atomic mass is 16.5. The standard InChI is InChI=1S/C14H16N2O2/c1-10-7-14(17)16(9-12(10)15)8-11-5-3-4-6-13(11)18-2/h3-7,9H,8,15H2,1-2H3. The molecule has 1 aromatic carbocycles. The number of hydrogen-bond donors (Lipinski definition) is 1. The maximum Gasteiger partial charge on any atom is 0.251 e. The average molecular weight is 244 g/mol. The predicted octanol–water partition coefficient (Wildman–Crippen LogP) is 1.80. The summed E-state index contributed by atoms with van der Waals surface area (Å²) >= 11 is 0. The van der Waals surface area contributed by atoms with E-state index in [0.717, 1.165) is 16.9 Å². The number of aryl methyl sites for hydroxylation is 1. The monoisotopic (exact) mass is 244 g/mol. The van der Waals surface area contributed by atoms with Crippen molar-refractivity contribution in [1.82, 2.24) is 4.57 Å². The van der Waals surface area contributed by atoms with Crippen LogP contribution in [0.25, 0.3) is 0 Å². The molecule has 0 saturated heterocycles. The molecule has 1 aromatic heterocycles. The van der Waals surface area contributed by atoms with Crippen LogP contribution in [0.15, 0.2) is 41.3 Å². The molecule has 0 aliphatic carbocycles. The van der Waals surface area contributed by atoms with Crippen LogP contribution in [0.4, 0.5) is 5.69 Å². The molecular weight excluding hydrogens is 228 g/mol. The number of pyridine rings is 1. The summed E-state index contributed by atoms with van der Waals surface area (Å²) in [4.78, 5) is 11.9. The van der Waals surface area contributed by atoms with Crippen molar-refractivity contribution in [3.05, 3.63) is 58.0 Å². The largest absolute Gasteiger partial charge is 0.496 e. The number of anilines is 1. The molecule has 18 heavy (non-hydrogen) atoms. The third-order valence-electron chi connectivity index (χ3n) is 2.91. The van der Waals surface area contributed by atoms with Gasteiger partial charge in [-0.25, -0.2) is 0 Å². The Kier molecular flexibility index (Phi) is 3.37. The highest BCUT2D eigenvalue weighted by Crippen LogP contribution is 2.18. The van der Waals surface area contributed by atoms with E-state index in [1.807, 2.05) is 31.2 Å². The Balaban J connectivity index is 2.40. The summed E-state index contributed by atoms with van der Waals surface area (Å²) in [6.07, 6.45) is 1.67. The summed E-state index contributed by atoms with van der Waals surface area (Å²) in [6.45, 7) is 2.28. The van der Waals surface area contributed by atoms with Gasteiger partial charge >= 0.3 is 0 Å². The summed E-state index contributed by atoms with van der Waals surface area (Å²) in [5.74, 6) is 0.767. The Morgan fingerprint density at radius 3 is 2.78 bits per heavy atom. The second-order valence-corrected chi connectivity index (χ2v) is 4.19. The molecule has 0 fully saturated rings. The molecule has 1 heterocycles. The van der Waals surface area contributed by atoms with E-state index in [1.165, 1.54) is 0 Å². The fourth-order valence-corrected chi connectivity index (χ4v) is 1.83. The lowest BCUT2D eigenvalue weighted by atomic mass is 10.2. The maximum absolute atomic E-state index is 11.9. The number of benzene rings is 1. The number of ether oxygens (including phenoxy) is 1. The number of para-hydroxylation sites is 1. The van der Waals surface area contributed by atoms with Crippen molar-refractivity contribution in [2.75, 3.05) is 12.8 Å². The number of methoxy groups -OCH3 is 1. The van der Waals surface area contributed by atoms with Crippen molar-refractivity contribution in [3.63, 3.8) is 0 Å². The fraction of sp³-hybridized carbons (Fsp3) is 0.214. The molecule has 0 aliphatic rings. The molecule has 2 aromatic rings. The van der Waals surface area contributed by atoms with E-state index in [2.05, 4.69) is 0 Å².